The number of hydrogen-bond donors (Lipinski definition) is 3. The first-order valence-electron chi connectivity index (χ1n) is 13.2. The molecule has 10 nitrogen and oxygen atoms in total. The molecule has 1 heterocycles. The first-order chi connectivity index (χ1) is 19.9. The van der Waals surface area contributed by atoms with Crippen molar-refractivity contribution in [3.63, 3.8) is 0 Å². The zero-order chi connectivity index (χ0) is 30.6. The fourth-order valence-corrected chi connectivity index (χ4v) is 5.70. The van der Waals surface area contributed by atoms with Crippen LogP contribution in [0.3, 0.4) is 0 Å². The van der Waals surface area contributed by atoms with Crippen molar-refractivity contribution in [1.29, 1.82) is 0 Å². The van der Waals surface area contributed by atoms with E-state index in [2.05, 4.69) is 10.6 Å². The topological polar surface area (TPSA) is 128 Å². The van der Waals surface area contributed by atoms with Crippen molar-refractivity contribution in [1.82, 2.24) is 9.21 Å². The molecule has 13 heteroatoms. The van der Waals surface area contributed by atoms with Crippen LogP contribution in [-0.4, -0.2) is 73.6 Å². The summed E-state index contributed by atoms with van der Waals surface area (Å²) >= 11 is 0. The Bertz CT molecular complexity index is 1540. The molecule has 42 heavy (non-hydrogen) atoms. The minimum Gasteiger partial charge on any atom is -0.486 e. The lowest BCUT2D eigenvalue weighted by Crippen LogP contribution is -2.50. The normalized spacial score (nSPS) is 18.0. The zero-order valence-corrected chi connectivity index (χ0v) is 24.1. The van der Waals surface area contributed by atoms with Gasteiger partial charge in [0.05, 0.1) is 35.3 Å². The van der Waals surface area contributed by atoms with Gasteiger partial charge in [-0.25, -0.2) is 22.0 Å². The molecule has 0 saturated heterocycles. The summed E-state index contributed by atoms with van der Waals surface area (Å²) in [4.78, 5) is 27.8. The maximum absolute atomic E-state index is 13.6. The average Bonchev–Trinajstić information content (AvgIpc) is 2.96. The quantitative estimate of drug-likeness (QED) is 0.356. The number of nitrogens with one attached hydrogen (secondary N) is 2. The van der Waals surface area contributed by atoms with Gasteiger partial charge in [0.15, 0.2) is 5.75 Å². The Kier molecular flexibility index (Phi) is 9.44. The highest BCUT2D eigenvalue weighted by Gasteiger charge is 2.36. The third kappa shape index (κ3) is 6.86. The smallest absolute Gasteiger partial charge is 0.323 e. The van der Waals surface area contributed by atoms with Crippen LogP contribution < -0.4 is 15.4 Å². The van der Waals surface area contributed by atoms with Crippen molar-refractivity contribution in [2.24, 2.45) is 5.92 Å². The molecule has 3 atom stereocenters. The molecule has 0 aliphatic carbocycles. The van der Waals surface area contributed by atoms with Crippen molar-refractivity contribution < 1.29 is 36.6 Å². The second-order valence-electron chi connectivity index (χ2n) is 10.1. The lowest BCUT2D eigenvalue weighted by molar-refractivity contribution is 0.0389. The fraction of sp³-hybridized carbons (Fsp3) is 0.310. The van der Waals surface area contributed by atoms with E-state index >= 15 is 0 Å². The number of hydrogen-bond acceptors (Lipinski definition) is 6. The highest BCUT2D eigenvalue weighted by Crippen LogP contribution is 2.35. The molecule has 3 aromatic rings. The number of fused-ring (bicyclic) bond motifs is 1. The van der Waals surface area contributed by atoms with Crippen LogP contribution in [0.4, 0.5) is 25.0 Å². The predicted molar refractivity (Wildman–Crippen MR) is 153 cm³/mol. The molecule has 3 N–H and O–H groups in total. The van der Waals surface area contributed by atoms with Gasteiger partial charge in [0.2, 0.25) is 10.0 Å². The van der Waals surface area contributed by atoms with Crippen LogP contribution in [0.1, 0.15) is 24.2 Å². The summed E-state index contributed by atoms with van der Waals surface area (Å²) in [6.45, 7) is 3.17. The monoisotopic (exact) mass is 602 g/mol. The second-order valence-corrected chi connectivity index (χ2v) is 12.2. The number of aliphatic hydroxyl groups is 1. The van der Waals surface area contributed by atoms with E-state index in [4.69, 9.17) is 4.74 Å². The van der Waals surface area contributed by atoms with E-state index in [1.807, 2.05) is 0 Å². The zero-order valence-electron chi connectivity index (χ0n) is 23.3. The maximum atomic E-state index is 13.6. The minimum atomic E-state index is -4.03. The molecule has 3 aromatic carbocycles. The molecule has 0 fully saturated rings. The number of carbonyl (C=O) groups excluding carboxylic acids is 2. The Balaban J connectivity index is 1.68. The van der Waals surface area contributed by atoms with Gasteiger partial charge in [0, 0.05) is 25.2 Å². The molecule has 0 unspecified atom stereocenters. The highest BCUT2D eigenvalue weighted by molar-refractivity contribution is 7.89. The Labute approximate surface area is 242 Å². The molecular weight excluding hydrogens is 570 g/mol. The predicted octanol–water partition coefficient (Wildman–Crippen LogP) is 4.15. The van der Waals surface area contributed by atoms with Crippen LogP contribution >= 0.6 is 0 Å². The van der Waals surface area contributed by atoms with Crippen molar-refractivity contribution in [2.45, 2.75) is 30.9 Å². The number of halogens is 2. The first-order valence-corrected chi connectivity index (χ1v) is 14.6. The first kappa shape index (κ1) is 30.9. The number of rotatable bonds is 8. The number of nitrogens with zero attached hydrogens (tertiary/aromatic N) is 2. The van der Waals surface area contributed by atoms with E-state index in [-0.39, 0.29) is 41.6 Å². The summed E-state index contributed by atoms with van der Waals surface area (Å²) in [5, 5.41) is 15.1. The molecule has 4 rings (SSSR count). The van der Waals surface area contributed by atoms with E-state index in [9.17, 15) is 31.9 Å². The third-order valence-electron chi connectivity index (χ3n) is 7.00. The largest absolute Gasteiger partial charge is 0.486 e. The Morgan fingerprint density at radius 3 is 2.31 bits per heavy atom. The molecule has 0 aromatic heterocycles. The van der Waals surface area contributed by atoms with Gasteiger partial charge in [-0.1, -0.05) is 13.0 Å². The molecule has 0 saturated carbocycles. The van der Waals surface area contributed by atoms with Crippen molar-refractivity contribution in [3.05, 3.63) is 83.9 Å². The minimum absolute atomic E-state index is 0.0241. The van der Waals surface area contributed by atoms with Crippen molar-refractivity contribution in [3.8, 4) is 5.75 Å². The van der Waals surface area contributed by atoms with Crippen LogP contribution in [0.25, 0.3) is 0 Å². The van der Waals surface area contributed by atoms with Gasteiger partial charge in [-0.05, 0) is 67.6 Å². The van der Waals surface area contributed by atoms with Gasteiger partial charge in [0.25, 0.3) is 5.91 Å². The van der Waals surface area contributed by atoms with Crippen LogP contribution in [0, 0.1) is 17.6 Å². The lowest BCUT2D eigenvalue weighted by Gasteiger charge is -2.38. The number of likely N-dealkylation sites (N-methyl/N-ethyl adjacent to an activating group) is 1. The summed E-state index contributed by atoms with van der Waals surface area (Å²) in [5.41, 5.74) is 0.572. The Hall–Kier alpha value is -4.07. The van der Waals surface area contributed by atoms with Gasteiger partial charge < -0.3 is 25.4 Å². The van der Waals surface area contributed by atoms with Crippen LogP contribution in [-0.2, 0) is 10.0 Å². The van der Waals surface area contributed by atoms with Crippen molar-refractivity contribution in [2.75, 3.05) is 37.4 Å². The number of amides is 3. The lowest BCUT2D eigenvalue weighted by atomic mass is 9.99. The van der Waals surface area contributed by atoms with Crippen molar-refractivity contribution >= 4 is 33.3 Å². The fourth-order valence-electron chi connectivity index (χ4n) is 4.52. The van der Waals surface area contributed by atoms with Gasteiger partial charge in [-0.2, -0.15) is 4.31 Å². The molecular formula is C29H32F2N4O6S. The number of carbonyl (C=O) groups is 2. The molecule has 0 spiro atoms. The molecule has 3 amide bonds. The highest BCUT2D eigenvalue weighted by atomic mass is 32.2. The molecule has 1 aliphatic rings. The number of sulfonamides is 1. The number of ether oxygens (including phenoxy) is 1. The summed E-state index contributed by atoms with van der Waals surface area (Å²) < 4.78 is 60.6. The Morgan fingerprint density at radius 2 is 1.69 bits per heavy atom. The van der Waals surface area contributed by atoms with Crippen LogP contribution in [0.5, 0.6) is 5.75 Å². The molecule has 1 aliphatic heterocycles. The third-order valence-corrected chi connectivity index (χ3v) is 8.84. The van der Waals surface area contributed by atoms with Gasteiger partial charge >= 0.3 is 6.03 Å². The summed E-state index contributed by atoms with van der Waals surface area (Å²) in [7, 11) is -2.66. The van der Waals surface area contributed by atoms with E-state index in [0.717, 1.165) is 16.4 Å². The number of para-hydroxylation sites is 1. The molecule has 0 radical (unpaired) electrons. The van der Waals surface area contributed by atoms with E-state index in [0.29, 0.717) is 5.69 Å². The van der Waals surface area contributed by atoms with Crippen LogP contribution in [0.2, 0.25) is 0 Å². The number of urea groups is 1. The molecule has 224 valence electrons. The average molecular weight is 603 g/mol. The SMILES string of the molecule is C[C@@H]1CN([C@@H](C)CO)C(=O)c2cccc(NC(=O)Nc3ccc(F)cc3)c2O[C@H]1CN(C)S(=O)(=O)c1ccc(F)cc1. The summed E-state index contributed by atoms with van der Waals surface area (Å²) in [6.07, 6.45) is -0.812. The second kappa shape index (κ2) is 12.8. The standard InChI is InChI=1S/C29H32F2N4O6S/c1-18-15-35(19(2)17-36)28(37)24-5-4-6-25(33-29(38)32-22-11-7-20(30)8-12-22)27(24)41-26(18)16-34(3)42(39,40)23-13-9-21(31)10-14-23/h4-14,18-19,26,36H,15-17H2,1-3H3,(H2,32,33,38)/t18-,19+,26+/m1/s1. The summed E-state index contributed by atoms with van der Waals surface area (Å²) in [5.74, 6) is -1.88. The van der Waals surface area contributed by atoms with Gasteiger partial charge in [0.1, 0.15) is 17.7 Å². The number of benzene rings is 3. The van der Waals surface area contributed by atoms with E-state index in [1.54, 1.807) is 19.9 Å². The molecule has 0 bridgehead atoms. The van der Waals surface area contributed by atoms with Gasteiger partial charge in [-0.3, -0.25) is 4.79 Å². The summed E-state index contributed by atoms with van der Waals surface area (Å²) in [6, 6.07) is 12.9. The number of aliphatic hydroxyl groups excluding tert-OH is 1. The maximum Gasteiger partial charge on any atom is 0.323 e. The van der Waals surface area contributed by atoms with E-state index in [1.165, 1.54) is 60.5 Å². The number of anilines is 2. The van der Waals surface area contributed by atoms with E-state index < -0.39 is 51.7 Å². The van der Waals surface area contributed by atoms with Gasteiger partial charge in [-0.15, -0.1) is 0 Å². The van der Waals surface area contributed by atoms with Crippen LogP contribution in [0.15, 0.2) is 71.6 Å². The Morgan fingerprint density at radius 1 is 1.07 bits per heavy atom.